The van der Waals surface area contributed by atoms with Gasteiger partial charge in [-0.15, -0.1) is 0 Å². The molecule has 0 aliphatic carbocycles. The average Bonchev–Trinajstić information content (AvgIpc) is 3.28. The van der Waals surface area contributed by atoms with Crippen molar-refractivity contribution in [1.29, 1.82) is 0 Å². The number of nitrogen functional groups attached to an aromatic ring is 1. The number of hydrogen-bond donors (Lipinski definition) is 3. The van der Waals surface area contributed by atoms with Crippen molar-refractivity contribution in [3.05, 3.63) is 41.6 Å². The number of nitrogens with two attached hydrogens (primary N) is 1. The maximum absolute atomic E-state index is 11.8. The fraction of sp³-hybridized carbons (Fsp3) is 0.400. The molecule has 1 atom stereocenters. The fourth-order valence-electron chi connectivity index (χ4n) is 3.52. The summed E-state index contributed by atoms with van der Waals surface area (Å²) in [5.74, 6) is 1.00. The van der Waals surface area contributed by atoms with E-state index < -0.39 is 0 Å². The van der Waals surface area contributed by atoms with E-state index in [-0.39, 0.29) is 17.8 Å². The van der Waals surface area contributed by atoms with Gasteiger partial charge in [-0.3, -0.25) is 9.48 Å². The Bertz CT molecular complexity index is 980. The highest BCUT2D eigenvalue weighted by molar-refractivity contribution is 5.86. The van der Waals surface area contributed by atoms with Crippen LogP contribution in [0.25, 0.3) is 11.0 Å². The van der Waals surface area contributed by atoms with Crippen LogP contribution in [0.4, 0.5) is 11.8 Å². The molecule has 3 aromatic rings. The smallest absolute Gasteiger partial charge is 0.227 e. The van der Waals surface area contributed by atoms with Crippen LogP contribution in [-0.4, -0.2) is 38.7 Å². The van der Waals surface area contributed by atoms with Crippen molar-refractivity contribution in [3.63, 3.8) is 0 Å². The molecule has 0 saturated carbocycles. The first kappa shape index (κ1) is 18.2. The maximum atomic E-state index is 11.8. The molecule has 28 heavy (non-hydrogen) atoms. The number of nitrogens with one attached hydrogen (secondary N) is 2. The number of carbonyl (C=O) groups is 1. The number of hydrogen-bond acceptors (Lipinski definition) is 6. The van der Waals surface area contributed by atoms with Crippen LogP contribution in [0.1, 0.15) is 43.2 Å². The van der Waals surface area contributed by atoms with Crippen LogP contribution < -0.4 is 16.4 Å². The molecule has 0 radical (unpaired) electrons. The van der Waals surface area contributed by atoms with Crippen LogP contribution in [0.2, 0.25) is 0 Å². The molecule has 0 unspecified atom stereocenters. The van der Waals surface area contributed by atoms with E-state index in [1.165, 1.54) is 0 Å². The Morgan fingerprint density at radius 1 is 1.29 bits per heavy atom. The van der Waals surface area contributed by atoms with Crippen LogP contribution in [0.15, 0.2) is 30.5 Å². The first-order chi connectivity index (χ1) is 13.6. The molecule has 3 heterocycles. The normalized spacial score (nSPS) is 16.5. The van der Waals surface area contributed by atoms with Gasteiger partial charge in [-0.1, -0.05) is 37.6 Å². The van der Waals surface area contributed by atoms with Gasteiger partial charge in [-0.2, -0.15) is 10.1 Å². The average molecular weight is 379 g/mol. The van der Waals surface area contributed by atoms with Crippen molar-refractivity contribution in [2.24, 2.45) is 0 Å². The molecular formula is C20H25N7O. The molecule has 1 fully saturated rings. The lowest BCUT2D eigenvalue weighted by atomic mass is 9.97. The predicted molar refractivity (Wildman–Crippen MR) is 109 cm³/mol. The lowest BCUT2D eigenvalue weighted by molar-refractivity contribution is -0.120. The van der Waals surface area contributed by atoms with Crippen LogP contribution in [0.5, 0.6) is 0 Å². The predicted octanol–water partition coefficient (Wildman–Crippen LogP) is 2.27. The van der Waals surface area contributed by atoms with Gasteiger partial charge in [-0.05, 0) is 24.0 Å². The van der Waals surface area contributed by atoms with Gasteiger partial charge in [0.25, 0.3) is 0 Å². The molecule has 4 rings (SSSR count). The summed E-state index contributed by atoms with van der Waals surface area (Å²) in [6.45, 7) is 4.33. The zero-order valence-electron chi connectivity index (χ0n) is 16.0. The van der Waals surface area contributed by atoms with Crippen molar-refractivity contribution < 1.29 is 4.79 Å². The number of amides is 1. The van der Waals surface area contributed by atoms with Crippen LogP contribution in [-0.2, 0) is 11.3 Å². The van der Waals surface area contributed by atoms with Crippen LogP contribution in [0.3, 0.4) is 0 Å². The molecule has 8 heteroatoms. The Balaban J connectivity index is 1.53. The third kappa shape index (κ3) is 3.76. The second-order valence-electron chi connectivity index (χ2n) is 7.15. The van der Waals surface area contributed by atoms with E-state index in [1.54, 1.807) is 0 Å². The maximum Gasteiger partial charge on any atom is 0.227 e. The van der Waals surface area contributed by atoms with Gasteiger partial charge < -0.3 is 16.4 Å². The molecule has 0 bridgehead atoms. The highest BCUT2D eigenvalue weighted by Gasteiger charge is 2.25. The topological polar surface area (TPSA) is 111 Å². The quantitative estimate of drug-likeness (QED) is 0.543. The summed E-state index contributed by atoms with van der Waals surface area (Å²) in [5.41, 5.74) is 9.47. The molecule has 4 N–H and O–H groups in total. The molecule has 1 aromatic carbocycles. The van der Waals surface area contributed by atoms with E-state index in [4.69, 9.17) is 5.73 Å². The number of anilines is 2. The Labute approximate surface area is 163 Å². The van der Waals surface area contributed by atoms with E-state index in [9.17, 15) is 4.79 Å². The van der Waals surface area contributed by atoms with Crippen molar-refractivity contribution in [3.8, 4) is 0 Å². The van der Waals surface area contributed by atoms with Crippen molar-refractivity contribution in [1.82, 2.24) is 25.1 Å². The summed E-state index contributed by atoms with van der Waals surface area (Å²) in [7, 11) is 0. The number of benzene rings is 1. The lowest BCUT2D eigenvalue weighted by Crippen LogP contribution is -2.17. The summed E-state index contributed by atoms with van der Waals surface area (Å²) >= 11 is 0. The molecule has 0 spiro atoms. The highest BCUT2D eigenvalue weighted by atomic mass is 16.2. The van der Waals surface area contributed by atoms with Gasteiger partial charge in [0.2, 0.25) is 11.9 Å². The van der Waals surface area contributed by atoms with Crippen molar-refractivity contribution in [2.75, 3.05) is 24.1 Å². The summed E-state index contributed by atoms with van der Waals surface area (Å²) in [4.78, 5) is 20.4. The molecule has 1 saturated heterocycles. The number of aromatic nitrogens is 4. The summed E-state index contributed by atoms with van der Waals surface area (Å²) < 4.78 is 1.85. The fourth-order valence-corrected chi connectivity index (χ4v) is 3.52. The number of nitrogens with zero attached hydrogens (tertiary/aromatic N) is 4. The monoisotopic (exact) mass is 379 g/mol. The first-order valence-corrected chi connectivity index (χ1v) is 9.75. The third-order valence-corrected chi connectivity index (χ3v) is 5.03. The first-order valence-electron chi connectivity index (χ1n) is 9.75. The van der Waals surface area contributed by atoms with E-state index in [0.29, 0.717) is 12.4 Å². The molecule has 146 valence electrons. The molecule has 1 aliphatic heterocycles. The van der Waals surface area contributed by atoms with Gasteiger partial charge in [0, 0.05) is 13.1 Å². The second-order valence-corrected chi connectivity index (χ2v) is 7.15. The minimum Gasteiger partial charge on any atom is -0.368 e. The Morgan fingerprint density at radius 3 is 2.82 bits per heavy atom. The van der Waals surface area contributed by atoms with Gasteiger partial charge in [0.15, 0.2) is 11.3 Å². The minimum absolute atomic E-state index is 0.0312. The minimum atomic E-state index is -0.0312. The Morgan fingerprint density at radius 2 is 2.11 bits per heavy atom. The van der Waals surface area contributed by atoms with Gasteiger partial charge >= 0.3 is 0 Å². The SMILES string of the molecule is CCCCNc1nc(N)nc2cn(Cc3ccc([C@H]4CCNC4=O)cc3)nc12. The zero-order chi connectivity index (χ0) is 19.5. The van der Waals surface area contributed by atoms with Crippen molar-refractivity contribution >= 4 is 28.7 Å². The summed E-state index contributed by atoms with van der Waals surface area (Å²) in [6.07, 6.45) is 4.90. The summed E-state index contributed by atoms with van der Waals surface area (Å²) in [6, 6.07) is 8.16. The Kier molecular flexibility index (Phi) is 5.10. The largest absolute Gasteiger partial charge is 0.368 e. The standard InChI is InChI=1S/C20H25N7O/c1-2-3-9-22-18-17-16(24-20(21)25-18)12-27(26-17)11-13-4-6-14(7-5-13)15-8-10-23-19(15)28/h4-7,12,15H,2-3,8-11H2,1H3,(H,23,28)(H3,21,22,24,25)/t15-/m1/s1. The number of fused-ring (bicyclic) bond motifs is 1. The molecule has 1 aliphatic rings. The second kappa shape index (κ2) is 7.84. The van der Waals surface area contributed by atoms with Crippen LogP contribution in [0, 0.1) is 0 Å². The van der Waals surface area contributed by atoms with Crippen LogP contribution >= 0.6 is 0 Å². The van der Waals surface area contributed by atoms with E-state index in [2.05, 4.69) is 32.6 Å². The summed E-state index contributed by atoms with van der Waals surface area (Å²) in [5, 5.41) is 10.8. The van der Waals surface area contributed by atoms with Crippen molar-refractivity contribution in [2.45, 2.75) is 38.6 Å². The highest BCUT2D eigenvalue weighted by Crippen LogP contribution is 2.24. The van der Waals surface area contributed by atoms with Gasteiger partial charge in [-0.25, -0.2) is 4.98 Å². The molecule has 1 amide bonds. The number of unbranched alkanes of at least 4 members (excludes halogenated alkanes) is 1. The van der Waals surface area contributed by atoms with Gasteiger partial charge in [0.05, 0.1) is 18.7 Å². The number of carbonyl (C=O) groups excluding carboxylic acids is 1. The molecule has 8 nitrogen and oxygen atoms in total. The van der Waals surface area contributed by atoms with E-state index in [0.717, 1.165) is 54.5 Å². The third-order valence-electron chi connectivity index (χ3n) is 5.03. The van der Waals surface area contributed by atoms with E-state index in [1.807, 2.05) is 35.1 Å². The van der Waals surface area contributed by atoms with Gasteiger partial charge in [0.1, 0.15) is 5.52 Å². The Hall–Kier alpha value is -3.16. The number of rotatable bonds is 7. The zero-order valence-corrected chi connectivity index (χ0v) is 16.0. The molecule has 2 aromatic heterocycles. The van der Waals surface area contributed by atoms with E-state index >= 15 is 0 Å². The lowest BCUT2D eigenvalue weighted by Gasteiger charge is -2.08. The molecular weight excluding hydrogens is 354 g/mol.